The molecule has 0 aliphatic rings. The first-order valence-electron chi connectivity index (χ1n) is 8.20. The fraction of sp³-hybridized carbons (Fsp3) is 0.389. The largest absolute Gasteiger partial charge is 0.482 e. The summed E-state index contributed by atoms with van der Waals surface area (Å²) in [6.45, 7) is 6.92. The molecule has 0 spiro atoms. The van der Waals surface area contributed by atoms with E-state index in [1.54, 1.807) is 35.1 Å². The SMILES string of the molecule is Cc1cc(OCC(=O)OC(C)C(=O)Nc2ccnn2C(C)C)ccc1Cl. The number of aromatic nitrogens is 2. The van der Waals surface area contributed by atoms with Crippen LogP contribution in [0.3, 0.4) is 0 Å². The molecule has 1 unspecified atom stereocenters. The van der Waals surface area contributed by atoms with Gasteiger partial charge in [0.05, 0.1) is 6.20 Å². The summed E-state index contributed by atoms with van der Waals surface area (Å²) in [6, 6.07) is 6.84. The van der Waals surface area contributed by atoms with Crippen LogP contribution < -0.4 is 10.1 Å². The van der Waals surface area contributed by atoms with E-state index in [0.717, 1.165) is 5.56 Å². The van der Waals surface area contributed by atoms with E-state index < -0.39 is 18.0 Å². The van der Waals surface area contributed by atoms with Crippen molar-refractivity contribution in [2.75, 3.05) is 11.9 Å². The Hall–Kier alpha value is -2.54. The second kappa shape index (κ2) is 8.71. The maximum atomic E-state index is 12.2. The molecule has 0 aliphatic carbocycles. The van der Waals surface area contributed by atoms with Crippen LogP contribution in [0.25, 0.3) is 0 Å². The molecular formula is C18H22ClN3O4. The molecule has 0 fully saturated rings. The predicted molar refractivity (Wildman–Crippen MR) is 98.5 cm³/mol. The number of ether oxygens (including phenoxy) is 2. The quantitative estimate of drug-likeness (QED) is 0.746. The normalized spacial score (nSPS) is 11.9. The van der Waals surface area contributed by atoms with Crippen LogP contribution in [-0.2, 0) is 14.3 Å². The molecule has 1 aromatic carbocycles. The number of halogens is 1. The maximum Gasteiger partial charge on any atom is 0.344 e. The Morgan fingerprint density at radius 2 is 2.00 bits per heavy atom. The van der Waals surface area contributed by atoms with E-state index in [1.165, 1.54) is 6.92 Å². The molecule has 7 nitrogen and oxygen atoms in total. The zero-order chi connectivity index (χ0) is 19.3. The Morgan fingerprint density at radius 1 is 1.27 bits per heavy atom. The van der Waals surface area contributed by atoms with Gasteiger partial charge in [-0.25, -0.2) is 9.48 Å². The summed E-state index contributed by atoms with van der Waals surface area (Å²) in [5.74, 6) is -0.0386. The third-order valence-electron chi connectivity index (χ3n) is 3.57. The molecule has 1 N–H and O–H groups in total. The van der Waals surface area contributed by atoms with Gasteiger partial charge in [0.25, 0.3) is 5.91 Å². The smallest absolute Gasteiger partial charge is 0.344 e. The molecule has 0 radical (unpaired) electrons. The Morgan fingerprint density at radius 3 is 2.65 bits per heavy atom. The van der Waals surface area contributed by atoms with Crippen LogP contribution in [0.1, 0.15) is 32.4 Å². The minimum atomic E-state index is -0.964. The number of carbonyl (C=O) groups is 2. The number of rotatable bonds is 7. The van der Waals surface area contributed by atoms with E-state index in [4.69, 9.17) is 21.1 Å². The van der Waals surface area contributed by atoms with Gasteiger partial charge in [-0.15, -0.1) is 0 Å². The van der Waals surface area contributed by atoms with Gasteiger partial charge in [-0.3, -0.25) is 4.79 Å². The van der Waals surface area contributed by atoms with E-state index in [-0.39, 0.29) is 12.6 Å². The summed E-state index contributed by atoms with van der Waals surface area (Å²) in [7, 11) is 0. The number of carbonyl (C=O) groups excluding carboxylic acids is 2. The zero-order valence-electron chi connectivity index (χ0n) is 15.2. The van der Waals surface area contributed by atoms with Gasteiger partial charge in [0.15, 0.2) is 12.7 Å². The Labute approximate surface area is 157 Å². The van der Waals surface area contributed by atoms with Crippen LogP contribution in [0.4, 0.5) is 5.82 Å². The van der Waals surface area contributed by atoms with Crippen LogP contribution in [0.2, 0.25) is 5.02 Å². The monoisotopic (exact) mass is 379 g/mol. The van der Waals surface area contributed by atoms with Crippen molar-refractivity contribution < 1.29 is 19.1 Å². The number of nitrogens with zero attached hydrogens (tertiary/aromatic N) is 2. The highest BCUT2D eigenvalue weighted by Gasteiger charge is 2.20. The summed E-state index contributed by atoms with van der Waals surface area (Å²) >= 11 is 5.94. The van der Waals surface area contributed by atoms with Gasteiger partial charge in [-0.2, -0.15) is 5.10 Å². The first-order chi connectivity index (χ1) is 12.3. The van der Waals surface area contributed by atoms with Gasteiger partial charge < -0.3 is 14.8 Å². The Bertz CT molecular complexity index is 788. The molecule has 1 amide bonds. The van der Waals surface area contributed by atoms with Gasteiger partial charge in [-0.1, -0.05) is 11.6 Å². The second-order valence-electron chi connectivity index (χ2n) is 6.08. The van der Waals surface area contributed by atoms with Gasteiger partial charge in [0.1, 0.15) is 11.6 Å². The summed E-state index contributed by atoms with van der Waals surface area (Å²) in [5.41, 5.74) is 0.840. The lowest BCUT2D eigenvalue weighted by Gasteiger charge is -2.16. The third-order valence-corrected chi connectivity index (χ3v) is 4.00. The lowest BCUT2D eigenvalue weighted by molar-refractivity contribution is -0.155. The number of hydrogen-bond donors (Lipinski definition) is 1. The molecule has 2 rings (SSSR count). The number of esters is 1. The zero-order valence-corrected chi connectivity index (χ0v) is 15.9. The van der Waals surface area contributed by atoms with Crippen molar-refractivity contribution in [2.24, 2.45) is 0 Å². The highest BCUT2D eigenvalue weighted by molar-refractivity contribution is 6.31. The lowest BCUT2D eigenvalue weighted by Crippen LogP contribution is -2.32. The minimum Gasteiger partial charge on any atom is -0.482 e. The minimum absolute atomic E-state index is 0.0920. The average Bonchev–Trinajstić information content (AvgIpc) is 3.04. The molecule has 0 aliphatic heterocycles. The van der Waals surface area contributed by atoms with Crippen LogP contribution in [-0.4, -0.2) is 34.4 Å². The summed E-state index contributed by atoms with van der Waals surface area (Å²) in [5, 5.41) is 7.44. The van der Waals surface area contributed by atoms with Gasteiger partial charge in [0, 0.05) is 17.1 Å². The number of nitrogens with one attached hydrogen (secondary N) is 1. The second-order valence-corrected chi connectivity index (χ2v) is 6.48. The van der Waals surface area contributed by atoms with Crippen molar-refractivity contribution in [3.8, 4) is 5.75 Å². The van der Waals surface area contributed by atoms with E-state index in [1.807, 2.05) is 20.8 Å². The first-order valence-corrected chi connectivity index (χ1v) is 8.58. The van der Waals surface area contributed by atoms with Crippen LogP contribution in [0.5, 0.6) is 5.75 Å². The van der Waals surface area contributed by atoms with Crippen molar-refractivity contribution in [3.63, 3.8) is 0 Å². The molecule has 26 heavy (non-hydrogen) atoms. The molecule has 8 heteroatoms. The fourth-order valence-corrected chi connectivity index (χ4v) is 2.30. The van der Waals surface area contributed by atoms with Crippen molar-refractivity contribution in [1.82, 2.24) is 9.78 Å². The predicted octanol–water partition coefficient (Wildman–Crippen LogP) is 3.38. The third kappa shape index (κ3) is 5.23. The number of amides is 1. The topological polar surface area (TPSA) is 82.4 Å². The molecule has 2 aromatic rings. The average molecular weight is 380 g/mol. The van der Waals surface area contributed by atoms with Crippen molar-refractivity contribution in [2.45, 2.75) is 39.8 Å². The molecule has 1 atom stereocenters. The van der Waals surface area contributed by atoms with Crippen LogP contribution >= 0.6 is 11.6 Å². The van der Waals surface area contributed by atoms with Gasteiger partial charge in [0.2, 0.25) is 0 Å². The van der Waals surface area contributed by atoms with Crippen molar-refractivity contribution >= 4 is 29.3 Å². The number of anilines is 1. The van der Waals surface area contributed by atoms with Crippen molar-refractivity contribution in [1.29, 1.82) is 0 Å². The fourth-order valence-electron chi connectivity index (χ4n) is 2.19. The van der Waals surface area contributed by atoms with Gasteiger partial charge in [-0.05, 0) is 51.5 Å². The van der Waals surface area contributed by atoms with E-state index in [0.29, 0.717) is 16.6 Å². The molecule has 0 saturated heterocycles. The Balaban J connectivity index is 1.84. The Kier molecular flexibility index (Phi) is 6.63. The summed E-state index contributed by atoms with van der Waals surface area (Å²) in [4.78, 5) is 24.1. The first kappa shape index (κ1) is 19.8. The number of benzene rings is 1. The van der Waals surface area contributed by atoms with Crippen LogP contribution in [0.15, 0.2) is 30.5 Å². The standard InChI is InChI=1S/C18H22ClN3O4/c1-11(2)22-16(7-8-20-22)21-18(24)13(4)26-17(23)10-25-14-5-6-15(19)12(3)9-14/h5-9,11,13H,10H2,1-4H3,(H,21,24). The van der Waals surface area contributed by atoms with E-state index >= 15 is 0 Å². The highest BCUT2D eigenvalue weighted by atomic mass is 35.5. The summed E-state index contributed by atoms with van der Waals surface area (Å²) in [6.07, 6.45) is 0.627. The molecular weight excluding hydrogens is 358 g/mol. The molecule has 0 saturated carbocycles. The number of aryl methyl sites for hydroxylation is 1. The highest BCUT2D eigenvalue weighted by Crippen LogP contribution is 2.21. The summed E-state index contributed by atoms with van der Waals surface area (Å²) < 4.78 is 12.1. The lowest BCUT2D eigenvalue weighted by atomic mass is 10.2. The molecule has 1 heterocycles. The number of hydrogen-bond acceptors (Lipinski definition) is 5. The maximum absolute atomic E-state index is 12.2. The van der Waals surface area contributed by atoms with E-state index in [9.17, 15) is 9.59 Å². The molecule has 1 aromatic heterocycles. The van der Waals surface area contributed by atoms with Gasteiger partial charge >= 0.3 is 5.97 Å². The van der Waals surface area contributed by atoms with Crippen molar-refractivity contribution in [3.05, 3.63) is 41.0 Å². The molecule has 140 valence electrons. The molecule has 0 bridgehead atoms. The van der Waals surface area contributed by atoms with E-state index in [2.05, 4.69) is 10.4 Å². The van der Waals surface area contributed by atoms with Crippen LogP contribution in [0, 0.1) is 6.92 Å².